The lowest BCUT2D eigenvalue weighted by molar-refractivity contribution is 0.158. The summed E-state index contributed by atoms with van der Waals surface area (Å²) in [6, 6.07) is 11.6. The Kier molecular flexibility index (Phi) is 9.38. The fourth-order valence-electron chi connectivity index (χ4n) is 2.17. The number of rotatable bonds is 6. The Balaban J connectivity index is 0.00000288. The average Bonchev–Trinajstić information content (AvgIpc) is 3.07. The Labute approximate surface area is 168 Å². The van der Waals surface area contributed by atoms with Gasteiger partial charge in [0, 0.05) is 24.6 Å². The van der Waals surface area contributed by atoms with E-state index in [1.54, 1.807) is 18.4 Å². The van der Waals surface area contributed by atoms with Crippen molar-refractivity contribution in [3.05, 3.63) is 58.5 Å². The molecule has 0 spiro atoms. The van der Waals surface area contributed by atoms with Crippen LogP contribution in [-0.4, -0.2) is 36.1 Å². The van der Waals surface area contributed by atoms with Crippen molar-refractivity contribution in [3.63, 3.8) is 0 Å². The smallest absolute Gasteiger partial charge is 0.194 e. The summed E-state index contributed by atoms with van der Waals surface area (Å²) in [7, 11) is 1.97. The van der Waals surface area contributed by atoms with Gasteiger partial charge in [0.25, 0.3) is 0 Å². The van der Waals surface area contributed by atoms with Gasteiger partial charge >= 0.3 is 0 Å². The molecule has 1 aromatic heterocycles. The molecule has 0 aliphatic carbocycles. The first kappa shape index (κ1) is 21.0. The lowest BCUT2D eigenvalue weighted by atomic mass is 10.2. The maximum atomic E-state index is 10.1. The number of aliphatic imine (C=N–C) groups is 1. The number of hydrogen-bond acceptors (Lipinski definition) is 3. The molecule has 0 saturated heterocycles. The van der Waals surface area contributed by atoms with Gasteiger partial charge in [-0.3, -0.25) is 0 Å². The van der Waals surface area contributed by atoms with Gasteiger partial charge in [-0.25, -0.2) is 4.99 Å². The summed E-state index contributed by atoms with van der Waals surface area (Å²) in [5.74, 6) is 1.27. The zero-order valence-electron chi connectivity index (χ0n) is 13.8. The van der Waals surface area contributed by atoms with Gasteiger partial charge in [-0.2, -0.15) is 0 Å². The van der Waals surface area contributed by atoms with E-state index in [0.717, 1.165) is 17.0 Å². The van der Waals surface area contributed by atoms with Crippen LogP contribution in [0.3, 0.4) is 0 Å². The number of nitrogens with one attached hydrogen (secondary N) is 1. The summed E-state index contributed by atoms with van der Waals surface area (Å²) in [6.45, 7) is 3.74. The molecular weight excluding hydrogens is 485 g/mol. The van der Waals surface area contributed by atoms with E-state index >= 15 is 0 Å². The Morgan fingerprint density at radius 1 is 1.33 bits per heavy atom. The number of furan rings is 1. The zero-order chi connectivity index (χ0) is 16.7. The standard InChI is InChI=1S/C17H22BrN3O2.HI/c1-3-19-17(20-11-15(22)16-9-6-10-23-16)21(2)12-13-7-4-5-8-14(13)18;/h4-10,15,22H,3,11-12H2,1-2H3,(H,19,20);1H. The van der Waals surface area contributed by atoms with E-state index < -0.39 is 6.10 Å². The Bertz CT molecular complexity index is 635. The molecule has 2 aromatic rings. The first-order chi connectivity index (χ1) is 11.1. The molecule has 1 atom stereocenters. The maximum Gasteiger partial charge on any atom is 0.194 e. The van der Waals surface area contributed by atoms with E-state index in [9.17, 15) is 5.11 Å². The molecule has 0 saturated carbocycles. The topological polar surface area (TPSA) is 61.0 Å². The summed E-state index contributed by atoms with van der Waals surface area (Å²) in [5.41, 5.74) is 1.17. The van der Waals surface area contributed by atoms with Crippen molar-refractivity contribution < 1.29 is 9.52 Å². The van der Waals surface area contributed by atoms with Crippen LogP contribution in [0, 0.1) is 0 Å². The van der Waals surface area contributed by atoms with Crippen LogP contribution in [0.15, 0.2) is 56.5 Å². The van der Waals surface area contributed by atoms with Crippen molar-refractivity contribution in [1.82, 2.24) is 10.2 Å². The molecule has 2 rings (SSSR count). The van der Waals surface area contributed by atoms with Gasteiger partial charge < -0.3 is 19.7 Å². The van der Waals surface area contributed by atoms with Crippen molar-refractivity contribution in [1.29, 1.82) is 0 Å². The maximum absolute atomic E-state index is 10.1. The summed E-state index contributed by atoms with van der Waals surface area (Å²) >= 11 is 3.56. The van der Waals surface area contributed by atoms with Crippen LogP contribution in [0.2, 0.25) is 0 Å². The predicted molar refractivity (Wildman–Crippen MR) is 111 cm³/mol. The Morgan fingerprint density at radius 2 is 2.08 bits per heavy atom. The van der Waals surface area contributed by atoms with E-state index in [1.165, 1.54) is 5.56 Å². The highest BCUT2D eigenvalue weighted by Gasteiger charge is 2.12. The Hall–Kier alpha value is -1.06. The van der Waals surface area contributed by atoms with E-state index in [0.29, 0.717) is 12.3 Å². The highest BCUT2D eigenvalue weighted by Crippen LogP contribution is 2.17. The molecule has 0 bridgehead atoms. The van der Waals surface area contributed by atoms with Gasteiger partial charge in [-0.1, -0.05) is 34.1 Å². The first-order valence-electron chi connectivity index (χ1n) is 7.56. The number of hydrogen-bond donors (Lipinski definition) is 2. The molecule has 0 aliphatic rings. The van der Waals surface area contributed by atoms with Crippen LogP contribution in [-0.2, 0) is 6.54 Å². The van der Waals surface area contributed by atoms with E-state index in [4.69, 9.17) is 4.42 Å². The highest BCUT2D eigenvalue weighted by molar-refractivity contribution is 14.0. The van der Waals surface area contributed by atoms with E-state index in [1.807, 2.05) is 37.1 Å². The van der Waals surface area contributed by atoms with Crippen molar-refractivity contribution in [2.75, 3.05) is 20.1 Å². The van der Waals surface area contributed by atoms with Crippen LogP contribution in [0.25, 0.3) is 0 Å². The quantitative estimate of drug-likeness (QED) is 0.355. The van der Waals surface area contributed by atoms with Gasteiger partial charge in [0.15, 0.2) is 5.96 Å². The van der Waals surface area contributed by atoms with Crippen LogP contribution in [0.4, 0.5) is 0 Å². The van der Waals surface area contributed by atoms with Crippen molar-refractivity contribution in [2.24, 2.45) is 4.99 Å². The van der Waals surface area contributed by atoms with E-state index in [-0.39, 0.29) is 30.5 Å². The summed E-state index contributed by atoms with van der Waals surface area (Å²) < 4.78 is 6.27. The zero-order valence-corrected chi connectivity index (χ0v) is 17.7. The third-order valence-electron chi connectivity index (χ3n) is 3.35. The summed E-state index contributed by atoms with van der Waals surface area (Å²) in [6.07, 6.45) is 0.808. The van der Waals surface area contributed by atoms with Gasteiger partial charge in [0.1, 0.15) is 11.9 Å². The van der Waals surface area contributed by atoms with Crippen LogP contribution in [0.5, 0.6) is 0 Å². The second-order valence-electron chi connectivity index (χ2n) is 5.17. The third-order valence-corrected chi connectivity index (χ3v) is 4.12. The van der Waals surface area contributed by atoms with Crippen molar-refractivity contribution in [3.8, 4) is 0 Å². The minimum Gasteiger partial charge on any atom is -0.467 e. The van der Waals surface area contributed by atoms with Crippen LogP contribution in [0.1, 0.15) is 24.4 Å². The summed E-state index contributed by atoms with van der Waals surface area (Å²) in [5, 5.41) is 13.3. The average molecular weight is 508 g/mol. The molecule has 2 N–H and O–H groups in total. The molecular formula is C17H23BrIN3O2. The number of nitrogens with zero attached hydrogens (tertiary/aromatic N) is 2. The molecule has 0 aliphatic heterocycles. The van der Waals surface area contributed by atoms with Crippen molar-refractivity contribution >= 4 is 45.9 Å². The van der Waals surface area contributed by atoms with Crippen LogP contribution < -0.4 is 5.32 Å². The number of aliphatic hydroxyl groups is 1. The minimum atomic E-state index is -0.740. The largest absolute Gasteiger partial charge is 0.467 e. The molecule has 1 unspecified atom stereocenters. The first-order valence-corrected chi connectivity index (χ1v) is 8.35. The fraction of sp³-hybridized carbons (Fsp3) is 0.353. The number of halogens is 2. The number of benzene rings is 1. The second-order valence-corrected chi connectivity index (χ2v) is 6.03. The number of aliphatic hydroxyl groups excluding tert-OH is 1. The molecule has 1 aromatic carbocycles. The second kappa shape index (κ2) is 10.7. The monoisotopic (exact) mass is 507 g/mol. The molecule has 0 amide bonds. The fourth-order valence-corrected chi connectivity index (χ4v) is 2.58. The Morgan fingerprint density at radius 3 is 2.71 bits per heavy atom. The lowest BCUT2D eigenvalue weighted by Gasteiger charge is -2.23. The lowest BCUT2D eigenvalue weighted by Crippen LogP contribution is -2.38. The van der Waals surface area contributed by atoms with Gasteiger partial charge in [0.05, 0.1) is 12.8 Å². The van der Waals surface area contributed by atoms with Gasteiger partial charge in [-0.05, 0) is 30.7 Å². The molecule has 24 heavy (non-hydrogen) atoms. The van der Waals surface area contributed by atoms with Gasteiger partial charge in [0.2, 0.25) is 0 Å². The molecule has 0 radical (unpaired) electrons. The minimum absolute atomic E-state index is 0. The molecule has 7 heteroatoms. The SMILES string of the molecule is CCNC(=NCC(O)c1ccco1)N(C)Cc1ccccc1Br.I. The molecule has 1 heterocycles. The number of guanidine groups is 1. The van der Waals surface area contributed by atoms with Crippen molar-refractivity contribution in [2.45, 2.75) is 19.6 Å². The van der Waals surface area contributed by atoms with Crippen LogP contribution >= 0.6 is 39.9 Å². The molecule has 132 valence electrons. The third kappa shape index (κ3) is 6.10. The summed E-state index contributed by atoms with van der Waals surface area (Å²) in [4.78, 5) is 6.53. The van der Waals surface area contributed by atoms with E-state index in [2.05, 4.69) is 32.3 Å². The predicted octanol–water partition coefficient (Wildman–Crippen LogP) is 3.79. The molecule has 0 fully saturated rings. The normalized spacial score (nSPS) is 12.4. The van der Waals surface area contributed by atoms with Gasteiger partial charge in [-0.15, -0.1) is 24.0 Å². The molecule has 5 nitrogen and oxygen atoms in total. The highest BCUT2D eigenvalue weighted by atomic mass is 127.